The number of hydrogen-bond acceptors (Lipinski definition) is 2. The summed E-state index contributed by atoms with van der Waals surface area (Å²) in [5.41, 5.74) is 0. The molecule has 0 bridgehead atoms. The van der Waals surface area contributed by atoms with E-state index in [1.807, 2.05) is 0 Å². The fourth-order valence-electron chi connectivity index (χ4n) is 3.03. The van der Waals surface area contributed by atoms with E-state index in [-0.39, 0.29) is 0 Å². The Morgan fingerprint density at radius 1 is 1.36 bits per heavy atom. The minimum absolute atomic E-state index is 0.570. The van der Waals surface area contributed by atoms with Crippen molar-refractivity contribution in [2.75, 3.05) is 27.2 Å². The molecule has 1 saturated heterocycles. The Kier molecular flexibility index (Phi) is 2.39. The molecule has 80 valence electrons. The van der Waals surface area contributed by atoms with Crippen LogP contribution in [0.5, 0.6) is 0 Å². The highest BCUT2D eigenvalue weighted by Crippen LogP contribution is 2.39. The number of rotatable bonds is 1. The largest absolute Gasteiger partial charge is 0.465 e. The van der Waals surface area contributed by atoms with Crippen LogP contribution in [0.25, 0.3) is 0 Å². The van der Waals surface area contributed by atoms with Crippen molar-refractivity contribution in [3.8, 4) is 0 Å². The molecule has 2 rings (SSSR count). The summed E-state index contributed by atoms with van der Waals surface area (Å²) in [6.07, 6.45) is 1.67. The molecule has 0 radical (unpaired) electrons. The van der Waals surface area contributed by atoms with Crippen molar-refractivity contribution >= 4 is 6.09 Å². The summed E-state index contributed by atoms with van der Waals surface area (Å²) in [5.74, 6) is 1.18. The minimum Gasteiger partial charge on any atom is -0.465 e. The van der Waals surface area contributed by atoms with E-state index in [1.165, 1.54) is 12.8 Å². The smallest absolute Gasteiger partial charge is 0.407 e. The van der Waals surface area contributed by atoms with E-state index in [0.717, 1.165) is 13.1 Å². The molecular formula is C10H18N2O2. The predicted octanol–water partition coefficient (Wildman–Crippen LogP) is 0.936. The number of nitrogens with zero attached hydrogens (tertiary/aromatic N) is 2. The van der Waals surface area contributed by atoms with Crippen LogP contribution < -0.4 is 0 Å². The third-order valence-corrected chi connectivity index (χ3v) is 3.75. The highest BCUT2D eigenvalue weighted by atomic mass is 16.4. The quantitative estimate of drug-likeness (QED) is 0.682. The average Bonchev–Trinajstić information content (AvgIpc) is 2.58. The molecule has 1 aliphatic carbocycles. The van der Waals surface area contributed by atoms with Gasteiger partial charge in [-0.25, -0.2) is 4.79 Å². The maximum absolute atomic E-state index is 10.8. The molecule has 4 heteroatoms. The third-order valence-electron chi connectivity index (χ3n) is 3.75. The zero-order chi connectivity index (χ0) is 10.3. The number of fused-ring (bicyclic) bond motifs is 1. The summed E-state index contributed by atoms with van der Waals surface area (Å²) < 4.78 is 0. The van der Waals surface area contributed by atoms with Crippen molar-refractivity contribution in [2.24, 2.45) is 11.8 Å². The van der Waals surface area contributed by atoms with Gasteiger partial charge in [-0.05, 0) is 38.8 Å². The molecular weight excluding hydrogens is 180 g/mol. The van der Waals surface area contributed by atoms with Gasteiger partial charge in [0.25, 0.3) is 0 Å². The minimum atomic E-state index is -0.753. The molecule has 1 aliphatic heterocycles. The van der Waals surface area contributed by atoms with Crippen LogP contribution in [-0.4, -0.2) is 54.2 Å². The van der Waals surface area contributed by atoms with Gasteiger partial charge in [0, 0.05) is 19.1 Å². The molecule has 1 heterocycles. The van der Waals surface area contributed by atoms with Gasteiger partial charge in [0.15, 0.2) is 0 Å². The molecule has 0 aromatic rings. The van der Waals surface area contributed by atoms with Crippen molar-refractivity contribution < 1.29 is 9.90 Å². The average molecular weight is 198 g/mol. The van der Waals surface area contributed by atoms with Gasteiger partial charge < -0.3 is 14.9 Å². The second-order valence-electron chi connectivity index (χ2n) is 4.72. The Hall–Kier alpha value is -0.770. The van der Waals surface area contributed by atoms with Crippen LogP contribution in [0, 0.1) is 11.8 Å². The maximum atomic E-state index is 10.8. The molecule has 0 aromatic carbocycles. The Morgan fingerprint density at radius 2 is 2.07 bits per heavy atom. The fraction of sp³-hybridized carbons (Fsp3) is 0.900. The maximum Gasteiger partial charge on any atom is 0.407 e. The van der Waals surface area contributed by atoms with E-state index in [2.05, 4.69) is 19.0 Å². The molecule has 2 fully saturated rings. The SMILES string of the molecule is CN(C)[C@@H]1CC[C@@H]2CN(C(=O)O)C[C@@H]21. The van der Waals surface area contributed by atoms with Crippen molar-refractivity contribution in [1.82, 2.24) is 9.80 Å². The molecule has 1 saturated carbocycles. The number of amides is 1. The van der Waals surface area contributed by atoms with E-state index < -0.39 is 6.09 Å². The van der Waals surface area contributed by atoms with Gasteiger partial charge in [0.05, 0.1) is 0 Å². The Morgan fingerprint density at radius 3 is 2.64 bits per heavy atom. The fourth-order valence-corrected chi connectivity index (χ4v) is 3.03. The standard InChI is InChI=1S/C10H18N2O2/c1-11(2)9-4-3-7-5-12(10(13)14)6-8(7)9/h7-9H,3-6H2,1-2H3,(H,13,14)/t7-,8+,9-/m1/s1. The van der Waals surface area contributed by atoms with Gasteiger partial charge in [0.1, 0.15) is 0 Å². The first-order valence-electron chi connectivity index (χ1n) is 5.24. The predicted molar refractivity (Wildman–Crippen MR) is 53.3 cm³/mol. The summed E-state index contributed by atoms with van der Waals surface area (Å²) in [4.78, 5) is 14.6. The zero-order valence-corrected chi connectivity index (χ0v) is 8.81. The van der Waals surface area contributed by atoms with E-state index in [1.54, 1.807) is 4.90 Å². The summed E-state index contributed by atoms with van der Waals surface area (Å²) >= 11 is 0. The topological polar surface area (TPSA) is 43.8 Å². The van der Waals surface area contributed by atoms with Crippen molar-refractivity contribution in [1.29, 1.82) is 0 Å². The van der Waals surface area contributed by atoms with Gasteiger partial charge in [0.2, 0.25) is 0 Å². The second kappa shape index (κ2) is 3.42. The lowest BCUT2D eigenvalue weighted by Crippen LogP contribution is -2.35. The molecule has 4 nitrogen and oxygen atoms in total. The van der Waals surface area contributed by atoms with Crippen molar-refractivity contribution in [2.45, 2.75) is 18.9 Å². The van der Waals surface area contributed by atoms with E-state index >= 15 is 0 Å². The van der Waals surface area contributed by atoms with E-state index in [4.69, 9.17) is 5.11 Å². The summed E-state index contributed by atoms with van der Waals surface area (Å²) in [6.45, 7) is 1.49. The molecule has 14 heavy (non-hydrogen) atoms. The van der Waals surface area contributed by atoms with Gasteiger partial charge in [-0.2, -0.15) is 0 Å². The lowest BCUT2D eigenvalue weighted by atomic mass is 9.97. The monoisotopic (exact) mass is 198 g/mol. The Labute approximate surface area is 84.5 Å². The van der Waals surface area contributed by atoms with Crippen LogP contribution in [0.2, 0.25) is 0 Å². The van der Waals surface area contributed by atoms with Crippen LogP contribution in [0.1, 0.15) is 12.8 Å². The van der Waals surface area contributed by atoms with E-state index in [9.17, 15) is 4.79 Å². The van der Waals surface area contributed by atoms with Crippen LogP contribution in [-0.2, 0) is 0 Å². The van der Waals surface area contributed by atoms with Crippen LogP contribution in [0.4, 0.5) is 4.79 Å². The second-order valence-corrected chi connectivity index (χ2v) is 4.72. The molecule has 0 aromatic heterocycles. The number of hydrogen-bond donors (Lipinski definition) is 1. The first kappa shape index (κ1) is 9.77. The first-order chi connectivity index (χ1) is 6.59. The summed E-state index contributed by atoms with van der Waals surface area (Å²) in [6, 6.07) is 0.587. The van der Waals surface area contributed by atoms with E-state index in [0.29, 0.717) is 17.9 Å². The molecule has 0 spiro atoms. The normalized spacial score (nSPS) is 36.5. The van der Waals surface area contributed by atoms with Crippen LogP contribution in [0.3, 0.4) is 0 Å². The lowest BCUT2D eigenvalue weighted by Gasteiger charge is -2.25. The molecule has 3 atom stereocenters. The third kappa shape index (κ3) is 1.47. The summed E-state index contributed by atoms with van der Waals surface area (Å²) in [7, 11) is 4.19. The highest BCUT2D eigenvalue weighted by Gasteiger charge is 2.44. The van der Waals surface area contributed by atoms with Gasteiger partial charge in [-0.15, -0.1) is 0 Å². The number of carbonyl (C=O) groups is 1. The van der Waals surface area contributed by atoms with Gasteiger partial charge in [-0.3, -0.25) is 0 Å². The van der Waals surface area contributed by atoms with Crippen LogP contribution in [0.15, 0.2) is 0 Å². The van der Waals surface area contributed by atoms with Crippen molar-refractivity contribution in [3.05, 3.63) is 0 Å². The van der Waals surface area contributed by atoms with Crippen molar-refractivity contribution in [3.63, 3.8) is 0 Å². The van der Waals surface area contributed by atoms with Crippen LogP contribution >= 0.6 is 0 Å². The molecule has 1 N–H and O–H groups in total. The molecule has 1 amide bonds. The first-order valence-corrected chi connectivity index (χ1v) is 5.24. The highest BCUT2D eigenvalue weighted by molar-refractivity contribution is 5.65. The number of carboxylic acid groups (broad SMARTS) is 1. The van der Waals surface area contributed by atoms with Gasteiger partial charge in [-0.1, -0.05) is 0 Å². The number of likely N-dealkylation sites (tertiary alicyclic amines) is 1. The Balaban J connectivity index is 2.03. The summed E-state index contributed by atoms with van der Waals surface area (Å²) in [5, 5.41) is 8.91. The molecule has 0 unspecified atom stereocenters. The molecule has 2 aliphatic rings. The van der Waals surface area contributed by atoms with Gasteiger partial charge >= 0.3 is 6.09 Å². The lowest BCUT2D eigenvalue weighted by molar-refractivity contribution is 0.148. The zero-order valence-electron chi connectivity index (χ0n) is 8.81. The Bertz CT molecular complexity index is 242.